The lowest BCUT2D eigenvalue weighted by Crippen LogP contribution is -1.89. The summed E-state index contributed by atoms with van der Waals surface area (Å²) in [5, 5.41) is 0. The molecule has 0 fully saturated rings. The molecule has 15 heavy (non-hydrogen) atoms. The topological polar surface area (TPSA) is 61.3 Å². The first-order valence-electron chi connectivity index (χ1n) is 4.56. The number of nitrogen functional groups attached to an aromatic ring is 1. The fourth-order valence-electron chi connectivity index (χ4n) is 1.35. The van der Waals surface area contributed by atoms with Crippen molar-refractivity contribution < 1.29 is 9.15 Å². The van der Waals surface area contributed by atoms with Gasteiger partial charge in [0.1, 0.15) is 11.5 Å². The minimum absolute atomic E-state index is 0.554. The van der Waals surface area contributed by atoms with Crippen LogP contribution in [0.3, 0.4) is 0 Å². The molecule has 0 aliphatic heterocycles. The Balaban J connectivity index is 2.48. The van der Waals surface area contributed by atoms with Gasteiger partial charge in [0.05, 0.1) is 13.3 Å². The Labute approximate surface area is 87.7 Å². The fourth-order valence-corrected chi connectivity index (χ4v) is 1.35. The van der Waals surface area contributed by atoms with E-state index in [9.17, 15) is 0 Å². The molecule has 0 bridgehead atoms. The van der Waals surface area contributed by atoms with Crippen LogP contribution in [0.25, 0.3) is 11.5 Å². The van der Waals surface area contributed by atoms with Crippen molar-refractivity contribution in [2.45, 2.75) is 6.92 Å². The molecule has 0 amide bonds. The smallest absolute Gasteiger partial charge is 0.226 e. The molecule has 78 valence electrons. The highest BCUT2D eigenvalue weighted by Crippen LogP contribution is 2.26. The molecule has 1 aromatic heterocycles. The molecule has 0 spiro atoms. The van der Waals surface area contributed by atoms with Gasteiger partial charge in [-0.25, -0.2) is 4.98 Å². The van der Waals surface area contributed by atoms with Gasteiger partial charge in [-0.1, -0.05) is 0 Å². The summed E-state index contributed by atoms with van der Waals surface area (Å²) in [4.78, 5) is 4.12. The zero-order valence-electron chi connectivity index (χ0n) is 8.65. The number of hydrogen-bond acceptors (Lipinski definition) is 4. The van der Waals surface area contributed by atoms with Crippen LogP contribution < -0.4 is 10.5 Å². The van der Waals surface area contributed by atoms with Gasteiger partial charge in [0.15, 0.2) is 0 Å². The Morgan fingerprint density at radius 2 is 2.13 bits per heavy atom. The SMILES string of the molecule is COc1cc(N)cc(-c2ncc(C)o2)c1. The van der Waals surface area contributed by atoms with E-state index < -0.39 is 0 Å². The second-order valence-corrected chi connectivity index (χ2v) is 3.27. The molecule has 2 aromatic rings. The number of aromatic nitrogens is 1. The number of oxazole rings is 1. The first-order chi connectivity index (χ1) is 7.19. The summed E-state index contributed by atoms with van der Waals surface area (Å²) in [6.45, 7) is 1.85. The number of aryl methyl sites for hydroxylation is 1. The van der Waals surface area contributed by atoms with Crippen LogP contribution >= 0.6 is 0 Å². The van der Waals surface area contributed by atoms with Crippen molar-refractivity contribution in [3.05, 3.63) is 30.2 Å². The number of methoxy groups -OCH3 is 1. The van der Waals surface area contributed by atoms with Crippen LogP contribution in [0.15, 0.2) is 28.8 Å². The highest BCUT2D eigenvalue weighted by Gasteiger charge is 2.06. The van der Waals surface area contributed by atoms with Crippen molar-refractivity contribution in [3.63, 3.8) is 0 Å². The van der Waals surface area contributed by atoms with Crippen molar-refractivity contribution in [1.29, 1.82) is 0 Å². The van der Waals surface area contributed by atoms with Crippen LogP contribution in [0, 0.1) is 6.92 Å². The van der Waals surface area contributed by atoms with Crippen LogP contribution in [0.1, 0.15) is 5.76 Å². The average Bonchev–Trinajstić information content (AvgIpc) is 2.64. The number of rotatable bonds is 2. The number of anilines is 1. The first-order valence-corrected chi connectivity index (χ1v) is 4.56. The molecule has 2 N–H and O–H groups in total. The van der Waals surface area contributed by atoms with E-state index in [-0.39, 0.29) is 0 Å². The number of benzene rings is 1. The predicted octanol–water partition coefficient (Wildman–Crippen LogP) is 2.24. The number of nitrogens with zero attached hydrogens (tertiary/aromatic N) is 1. The molecule has 0 unspecified atom stereocenters. The zero-order chi connectivity index (χ0) is 10.8. The maximum absolute atomic E-state index is 5.73. The lowest BCUT2D eigenvalue weighted by atomic mass is 10.2. The van der Waals surface area contributed by atoms with Crippen LogP contribution in [0.2, 0.25) is 0 Å². The minimum atomic E-state index is 0.554. The van der Waals surface area contributed by atoms with Gasteiger partial charge in [-0.2, -0.15) is 0 Å². The van der Waals surface area contributed by atoms with Gasteiger partial charge in [-0.15, -0.1) is 0 Å². The van der Waals surface area contributed by atoms with Gasteiger partial charge in [-0.05, 0) is 19.1 Å². The van der Waals surface area contributed by atoms with E-state index in [1.54, 1.807) is 25.4 Å². The third-order valence-corrected chi connectivity index (χ3v) is 2.03. The van der Waals surface area contributed by atoms with E-state index in [1.807, 2.05) is 13.0 Å². The quantitative estimate of drug-likeness (QED) is 0.762. The van der Waals surface area contributed by atoms with Crippen molar-refractivity contribution in [3.8, 4) is 17.2 Å². The number of hydrogen-bond donors (Lipinski definition) is 1. The summed E-state index contributed by atoms with van der Waals surface area (Å²) in [7, 11) is 1.60. The lowest BCUT2D eigenvalue weighted by Gasteiger charge is -2.03. The molecule has 0 aliphatic rings. The molecule has 1 heterocycles. The van der Waals surface area contributed by atoms with Crippen LogP contribution in [-0.4, -0.2) is 12.1 Å². The van der Waals surface area contributed by atoms with Crippen molar-refractivity contribution >= 4 is 5.69 Å². The molecule has 2 rings (SSSR count). The molecule has 0 atom stereocenters. The van der Waals surface area contributed by atoms with Crippen molar-refractivity contribution in [2.75, 3.05) is 12.8 Å². The second-order valence-electron chi connectivity index (χ2n) is 3.27. The first kappa shape index (κ1) is 9.58. The normalized spacial score (nSPS) is 10.3. The van der Waals surface area contributed by atoms with E-state index in [2.05, 4.69) is 4.98 Å². The summed E-state index contributed by atoms with van der Waals surface area (Å²) in [5.41, 5.74) is 7.17. The largest absolute Gasteiger partial charge is 0.497 e. The molecular weight excluding hydrogens is 192 g/mol. The van der Waals surface area contributed by atoms with Gasteiger partial charge in [-0.3, -0.25) is 0 Å². The Morgan fingerprint density at radius 1 is 1.33 bits per heavy atom. The van der Waals surface area contributed by atoms with Gasteiger partial charge in [0.2, 0.25) is 5.89 Å². The average molecular weight is 204 g/mol. The summed E-state index contributed by atoms with van der Waals surface area (Å²) >= 11 is 0. The Bertz CT molecular complexity index is 477. The molecule has 0 saturated carbocycles. The summed E-state index contributed by atoms with van der Waals surface area (Å²) in [6, 6.07) is 5.38. The minimum Gasteiger partial charge on any atom is -0.497 e. The maximum Gasteiger partial charge on any atom is 0.226 e. The zero-order valence-corrected chi connectivity index (χ0v) is 8.65. The molecule has 0 radical (unpaired) electrons. The summed E-state index contributed by atoms with van der Waals surface area (Å²) in [6.07, 6.45) is 1.67. The third kappa shape index (κ3) is 1.93. The van der Waals surface area contributed by atoms with Gasteiger partial charge in [0, 0.05) is 17.3 Å². The van der Waals surface area contributed by atoms with Crippen molar-refractivity contribution in [2.24, 2.45) is 0 Å². The van der Waals surface area contributed by atoms with E-state index >= 15 is 0 Å². The fraction of sp³-hybridized carbons (Fsp3) is 0.182. The van der Waals surface area contributed by atoms with Crippen molar-refractivity contribution in [1.82, 2.24) is 4.98 Å². The monoisotopic (exact) mass is 204 g/mol. The maximum atomic E-state index is 5.73. The highest BCUT2D eigenvalue weighted by atomic mass is 16.5. The molecule has 4 nitrogen and oxygen atoms in total. The highest BCUT2D eigenvalue weighted by molar-refractivity contribution is 5.63. The predicted molar refractivity (Wildman–Crippen MR) is 57.6 cm³/mol. The molecular formula is C11H12N2O2. The number of ether oxygens (including phenoxy) is 1. The van der Waals surface area contributed by atoms with Crippen LogP contribution in [-0.2, 0) is 0 Å². The van der Waals surface area contributed by atoms with Crippen LogP contribution in [0.5, 0.6) is 5.75 Å². The van der Waals surface area contributed by atoms with E-state index in [1.165, 1.54) is 0 Å². The van der Waals surface area contributed by atoms with E-state index in [0.29, 0.717) is 17.3 Å². The molecule has 1 aromatic carbocycles. The lowest BCUT2D eigenvalue weighted by molar-refractivity contribution is 0.415. The Kier molecular flexibility index (Phi) is 2.33. The van der Waals surface area contributed by atoms with Gasteiger partial charge >= 0.3 is 0 Å². The molecule has 0 saturated heterocycles. The Hall–Kier alpha value is -1.97. The Morgan fingerprint density at radius 3 is 2.73 bits per heavy atom. The van der Waals surface area contributed by atoms with E-state index in [4.69, 9.17) is 14.9 Å². The van der Waals surface area contributed by atoms with Crippen LogP contribution in [0.4, 0.5) is 5.69 Å². The van der Waals surface area contributed by atoms with E-state index in [0.717, 1.165) is 11.3 Å². The molecule has 4 heteroatoms. The number of nitrogens with two attached hydrogens (primary N) is 1. The third-order valence-electron chi connectivity index (χ3n) is 2.03. The summed E-state index contributed by atoms with van der Waals surface area (Å²) < 4.78 is 10.5. The standard InChI is InChI=1S/C11H12N2O2/c1-7-6-13-11(15-7)8-3-9(12)5-10(4-8)14-2/h3-6H,12H2,1-2H3. The van der Waals surface area contributed by atoms with Gasteiger partial charge < -0.3 is 14.9 Å². The molecule has 0 aliphatic carbocycles. The second kappa shape index (κ2) is 3.65. The summed E-state index contributed by atoms with van der Waals surface area (Å²) in [5.74, 6) is 2.02. The van der Waals surface area contributed by atoms with Gasteiger partial charge in [0.25, 0.3) is 0 Å².